The minimum atomic E-state index is -0.209. The molecular formula is C17H26N2O2. The lowest BCUT2D eigenvalue weighted by molar-refractivity contribution is 0.0768. The van der Waals surface area contributed by atoms with Crippen LogP contribution in [0.4, 0.5) is 4.79 Å². The summed E-state index contributed by atoms with van der Waals surface area (Å²) in [5.41, 5.74) is 1.02. The van der Waals surface area contributed by atoms with Crippen LogP contribution >= 0.6 is 0 Å². The van der Waals surface area contributed by atoms with E-state index in [9.17, 15) is 4.79 Å². The number of rotatable bonds is 5. The summed E-state index contributed by atoms with van der Waals surface area (Å²) in [6.07, 6.45) is 2.16. The fraction of sp³-hybridized carbons (Fsp3) is 0.588. The average Bonchev–Trinajstić information content (AvgIpc) is 2.52. The second kappa shape index (κ2) is 8.03. The van der Waals surface area contributed by atoms with Crippen LogP contribution in [-0.4, -0.2) is 36.7 Å². The molecule has 1 amide bonds. The molecule has 0 radical (unpaired) electrons. The zero-order valence-corrected chi connectivity index (χ0v) is 13.0. The van der Waals surface area contributed by atoms with Crippen molar-refractivity contribution < 1.29 is 9.53 Å². The molecule has 1 aromatic rings. The molecule has 0 saturated carbocycles. The molecule has 4 nitrogen and oxygen atoms in total. The minimum absolute atomic E-state index is 0.162. The van der Waals surface area contributed by atoms with Gasteiger partial charge >= 0.3 is 6.09 Å². The topological polar surface area (TPSA) is 41.6 Å². The molecule has 1 aliphatic heterocycles. The first kappa shape index (κ1) is 15.8. The first-order valence-corrected chi connectivity index (χ1v) is 7.85. The van der Waals surface area contributed by atoms with Gasteiger partial charge in [0, 0.05) is 12.6 Å². The Kier molecular flexibility index (Phi) is 6.05. The highest BCUT2D eigenvalue weighted by atomic mass is 16.6. The maximum absolute atomic E-state index is 12.3. The van der Waals surface area contributed by atoms with Crippen LogP contribution in [0.1, 0.15) is 32.3 Å². The quantitative estimate of drug-likeness (QED) is 0.906. The number of carbonyl (C=O) groups is 1. The van der Waals surface area contributed by atoms with Crippen molar-refractivity contribution in [1.29, 1.82) is 0 Å². The van der Waals surface area contributed by atoms with Gasteiger partial charge < -0.3 is 15.0 Å². The van der Waals surface area contributed by atoms with E-state index in [4.69, 9.17) is 4.74 Å². The van der Waals surface area contributed by atoms with E-state index in [1.165, 1.54) is 12.8 Å². The molecule has 1 aliphatic rings. The van der Waals surface area contributed by atoms with E-state index in [0.29, 0.717) is 12.5 Å². The number of benzene rings is 1. The third kappa shape index (κ3) is 5.05. The molecule has 2 rings (SSSR count). The first-order valence-electron chi connectivity index (χ1n) is 7.85. The zero-order chi connectivity index (χ0) is 15.1. The van der Waals surface area contributed by atoms with Crippen LogP contribution in [0.2, 0.25) is 0 Å². The Bertz CT molecular complexity index is 428. The van der Waals surface area contributed by atoms with E-state index < -0.39 is 0 Å². The van der Waals surface area contributed by atoms with Crippen LogP contribution in [0, 0.1) is 5.92 Å². The molecular weight excluding hydrogens is 264 g/mol. The summed E-state index contributed by atoms with van der Waals surface area (Å²) in [6, 6.07) is 9.97. The molecule has 1 unspecified atom stereocenters. The number of piperidine rings is 1. The maximum Gasteiger partial charge on any atom is 0.410 e. The third-order valence-electron chi connectivity index (χ3n) is 3.92. The molecule has 1 N–H and O–H groups in total. The van der Waals surface area contributed by atoms with Crippen molar-refractivity contribution in [2.45, 2.75) is 39.3 Å². The van der Waals surface area contributed by atoms with Crippen LogP contribution in [-0.2, 0) is 11.3 Å². The number of ether oxygens (including phenoxy) is 1. The monoisotopic (exact) mass is 290 g/mol. The molecule has 1 atom stereocenters. The molecule has 21 heavy (non-hydrogen) atoms. The predicted octanol–water partition coefficient (Wildman–Crippen LogP) is 3.03. The fourth-order valence-corrected chi connectivity index (χ4v) is 2.66. The van der Waals surface area contributed by atoms with E-state index >= 15 is 0 Å². The summed E-state index contributed by atoms with van der Waals surface area (Å²) >= 11 is 0. The van der Waals surface area contributed by atoms with Gasteiger partial charge in [-0.3, -0.25) is 0 Å². The summed E-state index contributed by atoms with van der Waals surface area (Å²) < 4.78 is 5.46. The zero-order valence-electron chi connectivity index (χ0n) is 13.0. The molecule has 0 aromatic heterocycles. The summed E-state index contributed by atoms with van der Waals surface area (Å²) in [5, 5.41) is 3.40. The van der Waals surface area contributed by atoms with Crippen molar-refractivity contribution in [2.24, 2.45) is 5.92 Å². The van der Waals surface area contributed by atoms with Gasteiger partial charge in [0.1, 0.15) is 6.61 Å². The standard InChI is InChI=1S/C17H26N2O2/c1-14(2)19(12-16-9-6-10-18-11-16)17(20)21-13-15-7-4-3-5-8-15/h3-5,7-8,14,16,18H,6,9-13H2,1-2H3. The van der Waals surface area contributed by atoms with Crippen molar-refractivity contribution in [2.75, 3.05) is 19.6 Å². The average molecular weight is 290 g/mol. The van der Waals surface area contributed by atoms with Gasteiger partial charge in [0.15, 0.2) is 0 Å². The van der Waals surface area contributed by atoms with Crippen LogP contribution in [0.25, 0.3) is 0 Å². The summed E-state index contributed by atoms with van der Waals surface area (Å²) in [5.74, 6) is 0.533. The van der Waals surface area contributed by atoms with Crippen molar-refractivity contribution >= 4 is 6.09 Å². The lowest BCUT2D eigenvalue weighted by Gasteiger charge is -2.32. The molecule has 4 heteroatoms. The van der Waals surface area contributed by atoms with Gasteiger partial charge in [-0.2, -0.15) is 0 Å². The Hall–Kier alpha value is -1.55. The van der Waals surface area contributed by atoms with Crippen LogP contribution in [0.15, 0.2) is 30.3 Å². The first-order chi connectivity index (χ1) is 10.2. The lowest BCUT2D eigenvalue weighted by Crippen LogP contribution is -2.44. The molecule has 0 spiro atoms. The third-order valence-corrected chi connectivity index (χ3v) is 3.92. The van der Waals surface area contributed by atoms with E-state index in [2.05, 4.69) is 5.32 Å². The summed E-state index contributed by atoms with van der Waals surface area (Å²) in [7, 11) is 0. The number of hydrogen-bond acceptors (Lipinski definition) is 3. The predicted molar refractivity (Wildman–Crippen MR) is 84.1 cm³/mol. The molecule has 1 fully saturated rings. The fourth-order valence-electron chi connectivity index (χ4n) is 2.66. The second-order valence-electron chi connectivity index (χ2n) is 6.00. The van der Waals surface area contributed by atoms with Crippen LogP contribution in [0.3, 0.4) is 0 Å². The highest BCUT2D eigenvalue weighted by Gasteiger charge is 2.23. The lowest BCUT2D eigenvalue weighted by atomic mass is 9.99. The highest BCUT2D eigenvalue weighted by Crippen LogP contribution is 2.15. The second-order valence-corrected chi connectivity index (χ2v) is 6.00. The number of nitrogens with one attached hydrogen (secondary N) is 1. The summed E-state index contributed by atoms with van der Waals surface area (Å²) in [4.78, 5) is 14.2. The molecule has 1 saturated heterocycles. The number of nitrogens with zero attached hydrogens (tertiary/aromatic N) is 1. The Morgan fingerprint density at radius 3 is 2.76 bits per heavy atom. The van der Waals surface area contributed by atoms with Gasteiger partial charge in [0.05, 0.1) is 0 Å². The van der Waals surface area contributed by atoms with Crippen molar-refractivity contribution in [1.82, 2.24) is 10.2 Å². The van der Waals surface area contributed by atoms with Crippen LogP contribution < -0.4 is 5.32 Å². The largest absolute Gasteiger partial charge is 0.445 e. The van der Waals surface area contributed by atoms with Gasteiger partial charge in [-0.05, 0) is 51.3 Å². The molecule has 0 bridgehead atoms. The van der Waals surface area contributed by atoms with Gasteiger partial charge in [-0.25, -0.2) is 4.79 Å². The Balaban J connectivity index is 1.86. The molecule has 0 aliphatic carbocycles. The van der Waals surface area contributed by atoms with E-state index in [-0.39, 0.29) is 12.1 Å². The van der Waals surface area contributed by atoms with Crippen molar-refractivity contribution in [3.63, 3.8) is 0 Å². The smallest absolute Gasteiger partial charge is 0.410 e. The minimum Gasteiger partial charge on any atom is -0.445 e. The van der Waals surface area contributed by atoms with Crippen molar-refractivity contribution in [3.05, 3.63) is 35.9 Å². The summed E-state index contributed by atoms with van der Waals surface area (Å²) in [6.45, 7) is 7.29. The van der Waals surface area contributed by atoms with Gasteiger partial charge in [-0.1, -0.05) is 30.3 Å². The van der Waals surface area contributed by atoms with Crippen LogP contribution in [0.5, 0.6) is 0 Å². The Labute approximate surface area is 127 Å². The Morgan fingerprint density at radius 1 is 1.38 bits per heavy atom. The molecule has 116 valence electrons. The van der Waals surface area contributed by atoms with E-state index in [1.54, 1.807) is 0 Å². The Morgan fingerprint density at radius 2 is 2.14 bits per heavy atom. The number of carbonyl (C=O) groups excluding carboxylic acids is 1. The highest BCUT2D eigenvalue weighted by molar-refractivity contribution is 5.68. The normalized spacial score (nSPS) is 18.5. The van der Waals surface area contributed by atoms with E-state index in [0.717, 1.165) is 25.2 Å². The van der Waals surface area contributed by atoms with Gasteiger partial charge in [0.25, 0.3) is 0 Å². The van der Waals surface area contributed by atoms with E-state index in [1.807, 2.05) is 49.1 Å². The number of amides is 1. The molecule has 1 heterocycles. The van der Waals surface area contributed by atoms with Gasteiger partial charge in [0.2, 0.25) is 0 Å². The number of hydrogen-bond donors (Lipinski definition) is 1. The maximum atomic E-state index is 12.3. The molecule has 1 aromatic carbocycles. The SMILES string of the molecule is CC(C)N(CC1CCCNC1)C(=O)OCc1ccccc1. The van der Waals surface area contributed by atoms with Gasteiger partial charge in [-0.15, -0.1) is 0 Å². The van der Waals surface area contributed by atoms with Crippen molar-refractivity contribution in [3.8, 4) is 0 Å².